The number of aromatic nitrogens is 6. The quantitative estimate of drug-likeness (QED) is 0.0787. The van der Waals surface area contributed by atoms with Crippen molar-refractivity contribution < 1.29 is 38.5 Å². The van der Waals surface area contributed by atoms with E-state index in [-0.39, 0.29) is 50.9 Å². The van der Waals surface area contributed by atoms with Gasteiger partial charge in [-0.1, -0.05) is 43.5 Å². The number of hydrogen-bond donors (Lipinski definition) is 0. The first-order valence-electron chi connectivity index (χ1n) is 14.5. The predicted molar refractivity (Wildman–Crippen MR) is 173 cm³/mol. The van der Waals surface area contributed by atoms with Crippen molar-refractivity contribution in [1.29, 1.82) is 0 Å². The molecule has 0 radical (unpaired) electrons. The van der Waals surface area contributed by atoms with E-state index in [1.807, 2.05) is 66.3 Å². The minimum absolute atomic E-state index is 0. The molecule has 0 amide bonds. The van der Waals surface area contributed by atoms with Crippen LogP contribution in [0.3, 0.4) is 0 Å². The Bertz CT molecular complexity index is 2040. The monoisotopic (exact) mass is 662 g/mol. The molecule has 0 fully saturated rings. The van der Waals surface area contributed by atoms with Crippen LogP contribution in [0.2, 0.25) is 0 Å². The van der Waals surface area contributed by atoms with Gasteiger partial charge in [-0.2, -0.15) is 0 Å². The number of nitrogens with zero attached hydrogens (tertiary/aromatic N) is 6. The van der Waals surface area contributed by atoms with E-state index in [1.54, 1.807) is 18.6 Å². The van der Waals surface area contributed by atoms with Crippen molar-refractivity contribution in [2.45, 2.75) is 32.6 Å². The fourth-order valence-electron chi connectivity index (χ4n) is 5.33. The number of hydrogen-bond acceptors (Lipinski definition) is 7. The molecule has 6 heterocycles. The van der Waals surface area contributed by atoms with Crippen LogP contribution in [0.4, 0.5) is 0 Å². The number of carbonyl (C=O) groups is 2. The van der Waals surface area contributed by atoms with Gasteiger partial charge in [0.1, 0.15) is 6.61 Å². The zero-order valence-corrected chi connectivity index (χ0v) is 28.4. The first-order valence-corrected chi connectivity index (χ1v) is 14.5. The molecule has 0 unspecified atom stereocenters. The summed E-state index contributed by atoms with van der Waals surface area (Å²) in [4.78, 5) is 48.9. The molecule has 4 aromatic rings. The fraction of sp³-hybridized carbons (Fsp3) is 0.171. The molecule has 0 atom stereocenters. The van der Waals surface area contributed by atoms with E-state index in [9.17, 15) is 9.59 Å². The zero-order chi connectivity index (χ0) is 31.3. The summed E-state index contributed by atoms with van der Waals surface area (Å²) in [6.07, 6.45) is 16.7. The van der Waals surface area contributed by atoms with Crippen LogP contribution in [0.15, 0.2) is 68.5 Å². The second-order valence-electron chi connectivity index (χ2n) is 10.4. The third kappa shape index (κ3) is 6.74. The summed E-state index contributed by atoms with van der Waals surface area (Å²) in [6, 6.07) is 7.73. The number of rotatable bonds is 10. The summed E-state index contributed by atoms with van der Waals surface area (Å²) in [6.45, 7) is 9.22. The molecule has 0 spiro atoms. The topological polar surface area (TPSA) is 124 Å². The number of ether oxygens (including phenoxy) is 2. The van der Waals surface area contributed by atoms with Gasteiger partial charge < -0.3 is 24.0 Å². The molecule has 46 heavy (non-hydrogen) atoms. The molecular formula is C35H30N6O4Zn. The van der Waals surface area contributed by atoms with Crippen molar-refractivity contribution >= 4 is 58.3 Å². The van der Waals surface area contributed by atoms with Crippen molar-refractivity contribution in [3.8, 4) is 5.69 Å². The summed E-state index contributed by atoms with van der Waals surface area (Å²) in [7, 11) is 0. The van der Waals surface area contributed by atoms with Crippen molar-refractivity contribution in [2.24, 2.45) is 0 Å². The summed E-state index contributed by atoms with van der Waals surface area (Å²) in [5.41, 5.74) is 8.92. The van der Waals surface area contributed by atoms with Gasteiger partial charge in [0, 0.05) is 25.2 Å². The Morgan fingerprint density at radius 2 is 1.41 bits per heavy atom. The van der Waals surface area contributed by atoms with E-state index in [0.717, 1.165) is 45.5 Å². The SMILES string of the molecule is C=CCOC(=O)CCc1c2nc(c(C)c3ccc([n-]3)c(CCC(=O)OC=C)c3nc(c(-n4ccnc4)c4ccc1[n-]4)C=C3)C=C2.[Zn+2]. The molecule has 10 nitrogen and oxygen atoms in total. The molecular weight excluding hydrogens is 634 g/mol. The maximum absolute atomic E-state index is 12.5. The van der Waals surface area contributed by atoms with Crippen molar-refractivity contribution in [1.82, 2.24) is 29.5 Å². The average molecular weight is 664 g/mol. The normalized spacial score (nSPS) is 11.6. The predicted octanol–water partition coefficient (Wildman–Crippen LogP) is 5.69. The van der Waals surface area contributed by atoms with Crippen LogP contribution < -0.4 is 9.97 Å². The van der Waals surface area contributed by atoms with E-state index in [0.29, 0.717) is 40.8 Å². The van der Waals surface area contributed by atoms with Crippen LogP contribution in [-0.2, 0) is 51.4 Å². The number of carbonyl (C=O) groups excluding carboxylic acids is 2. The van der Waals surface area contributed by atoms with E-state index in [2.05, 4.69) is 18.1 Å². The molecule has 8 bridgehead atoms. The first kappa shape index (κ1) is 32.3. The maximum atomic E-state index is 12.5. The molecule has 0 saturated heterocycles. The summed E-state index contributed by atoms with van der Waals surface area (Å²) in [5, 5.41) is 0. The Morgan fingerprint density at radius 3 is 2.07 bits per heavy atom. The van der Waals surface area contributed by atoms with Gasteiger partial charge in [0.15, 0.2) is 0 Å². The summed E-state index contributed by atoms with van der Waals surface area (Å²) < 4.78 is 12.1. The Morgan fingerprint density at radius 1 is 0.826 bits per heavy atom. The Hall–Kier alpha value is -5.15. The van der Waals surface area contributed by atoms with Crippen LogP contribution in [0.1, 0.15) is 52.3 Å². The fourth-order valence-corrected chi connectivity index (χ4v) is 5.33. The van der Waals surface area contributed by atoms with Crippen molar-refractivity contribution in [3.63, 3.8) is 0 Å². The molecule has 0 aliphatic carbocycles. The summed E-state index contributed by atoms with van der Waals surface area (Å²) in [5.74, 6) is -0.715. The van der Waals surface area contributed by atoms with Gasteiger partial charge in [-0.25, -0.2) is 15.0 Å². The van der Waals surface area contributed by atoms with Crippen LogP contribution in [0.5, 0.6) is 0 Å². The maximum Gasteiger partial charge on any atom is 2.00 e. The first-order chi connectivity index (χ1) is 21.9. The molecule has 11 heteroatoms. The molecule has 226 valence electrons. The largest absolute Gasteiger partial charge is 2.00 e. The van der Waals surface area contributed by atoms with Gasteiger partial charge in [-0.15, -0.1) is 22.1 Å². The van der Waals surface area contributed by atoms with Crippen LogP contribution in [0, 0.1) is 6.92 Å². The molecule has 0 aromatic carbocycles. The molecule has 2 aliphatic rings. The number of esters is 2. The van der Waals surface area contributed by atoms with Gasteiger partial charge in [0.05, 0.1) is 41.1 Å². The Balaban J connectivity index is 0.00000417. The molecule has 6 rings (SSSR count). The smallest absolute Gasteiger partial charge is 0.657 e. The molecule has 4 aromatic heterocycles. The van der Waals surface area contributed by atoms with Crippen LogP contribution in [0.25, 0.3) is 52.1 Å². The number of fused-ring (bicyclic) bond motifs is 8. The second-order valence-corrected chi connectivity index (χ2v) is 10.4. The minimum atomic E-state index is -0.389. The molecule has 2 aliphatic heterocycles. The average Bonchev–Trinajstić information content (AvgIpc) is 3.88. The zero-order valence-electron chi connectivity index (χ0n) is 25.5. The van der Waals surface area contributed by atoms with Gasteiger partial charge in [0.25, 0.3) is 0 Å². The summed E-state index contributed by atoms with van der Waals surface area (Å²) >= 11 is 0. The number of aryl methyl sites for hydroxylation is 3. The van der Waals surface area contributed by atoms with Gasteiger partial charge >= 0.3 is 31.4 Å². The van der Waals surface area contributed by atoms with Gasteiger partial charge in [0.2, 0.25) is 0 Å². The van der Waals surface area contributed by atoms with Gasteiger partial charge in [-0.05, 0) is 60.8 Å². The van der Waals surface area contributed by atoms with E-state index < -0.39 is 0 Å². The Kier molecular flexibility index (Phi) is 10.0. The Labute approximate surface area is 278 Å². The van der Waals surface area contributed by atoms with Crippen molar-refractivity contribution in [3.05, 3.63) is 108 Å². The van der Waals surface area contributed by atoms with Crippen LogP contribution in [-0.4, -0.2) is 38.1 Å². The van der Waals surface area contributed by atoms with Crippen LogP contribution >= 0.6 is 0 Å². The third-order valence-electron chi connectivity index (χ3n) is 7.55. The minimum Gasteiger partial charge on any atom is -0.657 e. The molecule has 0 saturated carbocycles. The standard InChI is InChI=1S/C35H30N6O4.Zn/c1-4-20-45-34(43)17-7-24-28-11-9-26(38-28)22(3)25-8-10-27(37-25)23(6-16-33(42)44-5-2)29-12-14-31(39-29)35(41-19-18-36-21-41)32-15-13-30(24)40-32;/h4-5,8-15,18-19,21H,1-2,6-7,16-17,20H2,3H3;/q-2;+2. The number of imidazole rings is 1. The van der Waals surface area contributed by atoms with E-state index in [4.69, 9.17) is 29.4 Å². The van der Waals surface area contributed by atoms with E-state index >= 15 is 0 Å². The van der Waals surface area contributed by atoms with Gasteiger partial charge in [-0.3, -0.25) is 9.59 Å². The van der Waals surface area contributed by atoms with Crippen molar-refractivity contribution in [2.75, 3.05) is 6.61 Å². The third-order valence-corrected chi connectivity index (χ3v) is 7.55. The second kappa shape index (κ2) is 14.3. The molecule has 0 N–H and O–H groups in total. The van der Waals surface area contributed by atoms with E-state index in [1.165, 1.54) is 0 Å².